The molecule has 0 bridgehead atoms. The number of hydrogen-bond acceptors (Lipinski definition) is 5. The molecule has 0 saturated carbocycles. The van der Waals surface area contributed by atoms with Crippen LogP contribution in [-0.4, -0.2) is 47.0 Å². The van der Waals surface area contributed by atoms with Crippen molar-refractivity contribution >= 4 is 11.9 Å². The topological polar surface area (TPSA) is 91.9 Å². The lowest BCUT2D eigenvalue weighted by Gasteiger charge is -2.27. The van der Waals surface area contributed by atoms with Gasteiger partial charge in [0.25, 0.3) is 0 Å². The zero-order valence-corrected chi connectivity index (χ0v) is 22.0. The van der Waals surface area contributed by atoms with Gasteiger partial charge in [-0.3, -0.25) is 15.2 Å². The highest BCUT2D eigenvalue weighted by Gasteiger charge is 2.22. The molecular formula is C28H42N4O3. The van der Waals surface area contributed by atoms with Gasteiger partial charge in [-0.25, -0.2) is 4.79 Å². The SMILES string of the molecule is CCCN(CCC)Cc1ccc(OCc2ccc(CN(CC(=N)N)C(=O)OC(C)(C)C)cc2)cc1. The minimum absolute atomic E-state index is 0.0183. The van der Waals surface area contributed by atoms with Crippen LogP contribution in [0.1, 0.15) is 64.2 Å². The highest BCUT2D eigenvalue weighted by Crippen LogP contribution is 2.17. The number of amides is 1. The Morgan fingerprint density at radius 1 is 0.886 bits per heavy atom. The standard InChI is InChI=1S/C28H42N4O3/c1-6-16-31(17-7-2)18-22-12-14-25(15-13-22)34-21-24-10-8-23(9-11-24)19-32(20-26(29)30)27(33)35-28(3,4)5/h8-15H,6-7,16-21H2,1-5H3,(H3,29,30). The van der Waals surface area contributed by atoms with Gasteiger partial charge in [-0.2, -0.15) is 0 Å². The first-order chi connectivity index (χ1) is 16.6. The summed E-state index contributed by atoms with van der Waals surface area (Å²) >= 11 is 0. The second-order valence-electron chi connectivity index (χ2n) is 9.89. The molecule has 192 valence electrons. The zero-order chi connectivity index (χ0) is 25.8. The van der Waals surface area contributed by atoms with Crippen LogP contribution in [0.3, 0.4) is 0 Å². The molecule has 7 nitrogen and oxygen atoms in total. The van der Waals surface area contributed by atoms with Gasteiger partial charge < -0.3 is 15.2 Å². The number of rotatable bonds is 13. The first-order valence-electron chi connectivity index (χ1n) is 12.4. The molecule has 0 fully saturated rings. The Bertz CT molecular complexity index is 915. The summed E-state index contributed by atoms with van der Waals surface area (Å²) in [6.07, 6.45) is 1.84. The second-order valence-corrected chi connectivity index (χ2v) is 9.89. The van der Waals surface area contributed by atoms with E-state index < -0.39 is 11.7 Å². The van der Waals surface area contributed by atoms with Gasteiger partial charge in [0, 0.05) is 13.1 Å². The Morgan fingerprint density at radius 2 is 1.40 bits per heavy atom. The maximum absolute atomic E-state index is 12.5. The number of amidine groups is 1. The summed E-state index contributed by atoms with van der Waals surface area (Å²) in [6, 6.07) is 16.2. The van der Waals surface area contributed by atoms with Crippen molar-refractivity contribution < 1.29 is 14.3 Å². The molecule has 0 aromatic heterocycles. The van der Waals surface area contributed by atoms with Crippen LogP contribution < -0.4 is 10.5 Å². The number of nitrogens with zero attached hydrogens (tertiary/aromatic N) is 2. The number of hydrogen-bond donors (Lipinski definition) is 2. The molecule has 2 aromatic rings. The summed E-state index contributed by atoms with van der Waals surface area (Å²) < 4.78 is 11.4. The number of benzene rings is 2. The van der Waals surface area contributed by atoms with Crippen LogP contribution in [-0.2, 0) is 24.4 Å². The summed E-state index contributed by atoms with van der Waals surface area (Å²) in [5, 5.41) is 7.58. The zero-order valence-electron chi connectivity index (χ0n) is 22.0. The minimum atomic E-state index is -0.615. The maximum atomic E-state index is 12.5. The Morgan fingerprint density at radius 3 is 1.91 bits per heavy atom. The molecule has 0 radical (unpaired) electrons. The normalized spacial score (nSPS) is 11.4. The first-order valence-corrected chi connectivity index (χ1v) is 12.4. The van der Waals surface area contributed by atoms with E-state index in [9.17, 15) is 4.79 Å². The summed E-state index contributed by atoms with van der Waals surface area (Å²) in [5.74, 6) is 0.753. The predicted octanol–water partition coefficient (Wildman–Crippen LogP) is 5.56. The monoisotopic (exact) mass is 482 g/mol. The highest BCUT2D eigenvalue weighted by atomic mass is 16.6. The van der Waals surface area contributed by atoms with Gasteiger partial charge >= 0.3 is 6.09 Å². The molecule has 0 aliphatic rings. The van der Waals surface area contributed by atoms with Gasteiger partial charge in [0.15, 0.2) is 0 Å². The van der Waals surface area contributed by atoms with E-state index in [-0.39, 0.29) is 12.4 Å². The molecule has 35 heavy (non-hydrogen) atoms. The molecule has 7 heteroatoms. The third kappa shape index (κ3) is 10.8. The van der Waals surface area contributed by atoms with Gasteiger partial charge in [-0.15, -0.1) is 0 Å². The number of carbonyl (C=O) groups excluding carboxylic acids is 1. The molecule has 3 N–H and O–H groups in total. The molecule has 0 atom stereocenters. The van der Waals surface area contributed by atoms with Gasteiger partial charge in [-0.05, 0) is 75.5 Å². The molecule has 0 aliphatic carbocycles. The van der Waals surface area contributed by atoms with E-state index in [1.807, 2.05) is 57.2 Å². The predicted molar refractivity (Wildman–Crippen MR) is 142 cm³/mol. The van der Waals surface area contributed by atoms with Crippen molar-refractivity contribution in [1.82, 2.24) is 9.80 Å². The molecule has 0 aliphatic heterocycles. The number of carbonyl (C=O) groups is 1. The lowest BCUT2D eigenvalue weighted by Crippen LogP contribution is -2.41. The summed E-state index contributed by atoms with van der Waals surface area (Å²) in [7, 11) is 0. The smallest absolute Gasteiger partial charge is 0.410 e. The Kier molecular flexibility index (Phi) is 11.1. The quantitative estimate of drug-likeness (QED) is 0.288. The minimum Gasteiger partial charge on any atom is -0.489 e. The van der Waals surface area contributed by atoms with Crippen LogP contribution in [0.25, 0.3) is 0 Å². The van der Waals surface area contributed by atoms with Crippen molar-refractivity contribution in [2.75, 3.05) is 19.6 Å². The van der Waals surface area contributed by atoms with Crippen molar-refractivity contribution in [1.29, 1.82) is 5.41 Å². The Hall–Kier alpha value is -3.06. The van der Waals surface area contributed by atoms with Crippen LogP contribution in [0.4, 0.5) is 4.79 Å². The van der Waals surface area contributed by atoms with E-state index in [0.717, 1.165) is 49.4 Å². The van der Waals surface area contributed by atoms with E-state index in [2.05, 4.69) is 30.9 Å². The third-order valence-electron chi connectivity index (χ3n) is 5.22. The van der Waals surface area contributed by atoms with Crippen molar-refractivity contribution in [2.45, 2.75) is 72.8 Å². The summed E-state index contributed by atoms with van der Waals surface area (Å²) in [4.78, 5) is 16.4. The van der Waals surface area contributed by atoms with Gasteiger partial charge in [-0.1, -0.05) is 50.2 Å². The second kappa shape index (κ2) is 13.7. The Balaban J connectivity index is 1.92. The first kappa shape index (κ1) is 28.2. The lowest BCUT2D eigenvalue weighted by atomic mass is 10.1. The van der Waals surface area contributed by atoms with Crippen LogP contribution in [0.5, 0.6) is 5.75 Å². The van der Waals surface area contributed by atoms with Crippen molar-refractivity contribution in [3.05, 3.63) is 65.2 Å². The summed E-state index contributed by atoms with van der Waals surface area (Å²) in [5.41, 5.74) is 8.18. The highest BCUT2D eigenvalue weighted by molar-refractivity contribution is 5.83. The maximum Gasteiger partial charge on any atom is 0.410 e. The largest absolute Gasteiger partial charge is 0.489 e. The van der Waals surface area contributed by atoms with Crippen LogP contribution in [0, 0.1) is 5.41 Å². The summed E-state index contributed by atoms with van der Waals surface area (Å²) in [6.45, 7) is 13.9. The fourth-order valence-electron chi connectivity index (χ4n) is 3.70. The van der Waals surface area contributed by atoms with E-state index in [0.29, 0.717) is 13.2 Å². The van der Waals surface area contributed by atoms with E-state index >= 15 is 0 Å². The number of ether oxygens (including phenoxy) is 2. The number of nitrogens with two attached hydrogens (primary N) is 1. The average molecular weight is 483 g/mol. The van der Waals surface area contributed by atoms with E-state index in [1.165, 1.54) is 10.5 Å². The molecule has 0 saturated heterocycles. The van der Waals surface area contributed by atoms with E-state index in [4.69, 9.17) is 20.6 Å². The van der Waals surface area contributed by atoms with Crippen LogP contribution in [0.2, 0.25) is 0 Å². The van der Waals surface area contributed by atoms with Gasteiger partial charge in [0.1, 0.15) is 23.8 Å². The molecular weight excluding hydrogens is 440 g/mol. The van der Waals surface area contributed by atoms with Crippen LogP contribution in [0.15, 0.2) is 48.5 Å². The molecule has 0 unspecified atom stereocenters. The van der Waals surface area contributed by atoms with Crippen molar-refractivity contribution in [2.24, 2.45) is 5.73 Å². The van der Waals surface area contributed by atoms with Crippen molar-refractivity contribution in [3.8, 4) is 5.75 Å². The molecule has 2 rings (SSSR count). The third-order valence-corrected chi connectivity index (χ3v) is 5.22. The number of nitrogens with one attached hydrogen (secondary N) is 1. The molecule has 0 heterocycles. The van der Waals surface area contributed by atoms with Crippen molar-refractivity contribution in [3.63, 3.8) is 0 Å². The fraction of sp³-hybridized carbons (Fsp3) is 0.500. The van der Waals surface area contributed by atoms with E-state index in [1.54, 1.807) is 0 Å². The fourth-order valence-corrected chi connectivity index (χ4v) is 3.70. The van der Waals surface area contributed by atoms with Gasteiger partial charge in [0.2, 0.25) is 0 Å². The molecule has 1 amide bonds. The molecule has 0 spiro atoms. The lowest BCUT2D eigenvalue weighted by molar-refractivity contribution is 0.0263. The molecule has 2 aromatic carbocycles. The van der Waals surface area contributed by atoms with Gasteiger partial charge in [0.05, 0.1) is 6.54 Å². The van der Waals surface area contributed by atoms with Crippen LogP contribution >= 0.6 is 0 Å². The Labute approximate surface area is 210 Å². The average Bonchev–Trinajstić information content (AvgIpc) is 2.78.